The summed E-state index contributed by atoms with van der Waals surface area (Å²) in [5.41, 5.74) is 1.27. The van der Waals surface area contributed by atoms with Crippen molar-refractivity contribution in [3.8, 4) is 0 Å². The van der Waals surface area contributed by atoms with E-state index in [9.17, 15) is 0 Å². The van der Waals surface area contributed by atoms with Gasteiger partial charge in [0.05, 0.1) is 0 Å². The number of rotatable bonds is 2. The first kappa shape index (κ1) is 15.1. The van der Waals surface area contributed by atoms with E-state index in [1.165, 1.54) is 11.0 Å². The molecule has 15 heavy (non-hydrogen) atoms. The van der Waals surface area contributed by atoms with Crippen molar-refractivity contribution < 1.29 is 20.4 Å². The zero-order valence-electron chi connectivity index (χ0n) is 10.1. The van der Waals surface area contributed by atoms with Gasteiger partial charge in [0.2, 0.25) is 0 Å². The zero-order valence-corrected chi connectivity index (χ0v) is 12.6. The number of hydrogen-bond acceptors (Lipinski definition) is 1. The number of hydrogen-bond donors (Lipinski definition) is 0. The van der Waals surface area contributed by atoms with Crippen LogP contribution < -0.4 is 10.2 Å². The van der Waals surface area contributed by atoms with Crippen molar-refractivity contribution in [2.75, 3.05) is 19.0 Å². The average Bonchev–Trinajstić information content (AvgIpc) is 2.02. The molecule has 0 saturated heterocycles. The first-order valence-corrected chi connectivity index (χ1v) is 5.94. The summed E-state index contributed by atoms with van der Waals surface area (Å²) in [4.78, 5) is 2.13. The van der Waals surface area contributed by atoms with Crippen molar-refractivity contribution in [1.29, 1.82) is 0 Å². The molecule has 0 N–H and O–H groups in total. The molecule has 1 atom stereocenters. The van der Waals surface area contributed by atoms with Gasteiger partial charge in [-0.15, -0.1) is 0 Å². The van der Waals surface area contributed by atoms with E-state index in [0.29, 0.717) is 5.16 Å². The fourth-order valence-electron chi connectivity index (χ4n) is 1.28. The Morgan fingerprint density at radius 1 is 1.00 bits per heavy atom. The van der Waals surface area contributed by atoms with E-state index in [1.807, 2.05) is 0 Å². The van der Waals surface area contributed by atoms with Gasteiger partial charge < -0.3 is 4.90 Å². The Kier molecular flexibility index (Phi) is 6.04. The minimum Gasteiger partial charge on any atom is -0.378 e. The monoisotopic (exact) mass is 315 g/mol. The Labute approximate surface area is 109 Å². The largest absolute Gasteiger partial charge is 2.00 e. The van der Waals surface area contributed by atoms with Gasteiger partial charge in [-0.05, 0) is 22.6 Å². The first-order valence-electron chi connectivity index (χ1n) is 4.94. The van der Waals surface area contributed by atoms with Crippen LogP contribution in [-0.4, -0.2) is 19.3 Å². The average molecular weight is 316 g/mol. The molecule has 86 valence electrons. The molecule has 0 aliphatic heterocycles. The summed E-state index contributed by atoms with van der Waals surface area (Å²) in [5.74, 6) is 0. The van der Waals surface area contributed by atoms with Crippen molar-refractivity contribution in [3.05, 3.63) is 24.3 Å². The Morgan fingerprint density at radius 3 is 1.80 bits per heavy atom. The van der Waals surface area contributed by atoms with Crippen LogP contribution in [0.1, 0.15) is 20.8 Å². The van der Waals surface area contributed by atoms with Crippen LogP contribution in [0.15, 0.2) is 24.3 Å². The van der Waals surface area contributed by atoms with Crippen LogP contribution in [0.25, 0.3) is 0 Å². The van der Waals surface area contributed by atoms with Gasteiger partial charge in [-0.1, -0.05) is 41.5 Å². The second-order valence-electron chi connectivity index (χ2n) is 4.82. The summed E-state index contributed by atoms with van der Waals surface area (Å²) >= 11 is 0. The number of nitrogens with zero attached hydrogens (tertiary/aromatic N) is 1. The second kappa shape index (κ2) is 6.00. The van der Waals surface area contributed by atoms with Crippen LogP contribution in [-0.2, 0) is 20.4 Å². The molecule has 0 heterocycles. The third kappa shape index (κ3) is 5.67. The van der Waals surface area contributed by atoms with Crippen LogP contribution in [0.5, 0.6) is 0 Å². The number of anilines is 1. The Morgan fingerprint density at radius 2 is 1.47 bits per heavy atom. The van der Waals surface area contributed by atoms with E-state index < -0.39 is 0 Å². The van der Waals surface area contributed by atoms with Crippen LogP contribution in [0.3, 0.4) is 0 Å². The van der Waals surface area contributed by atoms with Gasteiger partial charge in [-0.2, -0.15) is 0 Å². The fraction of sp³-hybridized carbons (Fsp3) is 0.500. The molecule has 0 bridgehead atoms. The number of benzene rings is 1. The molecule has 0 radical (unpaired) electrons. The fourth-order valence-corrected chi connectivity index (χ4v) is 2.48. The standard InChI is InChI=1S/C12H20NP.Pd/c1-12(2,3)14-11-8-6-10(7-9-11)13(4)5;/h6-9,14H,1-5H3;/q;+2. The van der Waals surface area contributed by atoms with Crippen molar-refractivity contribution in [1.82, 2.24) is 0 Å². The normalized spacial score (nSPS) is 11.5. The van der Waals surface area contributed by atoms with E-state index in [0.717, 1.165) is 8.58 Å². The van der Waals surface area contributed by atoms with Crippen molar-refractivity contribution in [2.24, 2.45) is 0 Å². The molecule has 0 aromatic heterocycles. The molecule has 1 unspecified atom stereocenters. The zero-order chi connectivity index (χ0) is 10.8. The molecule has 1 aromatic carbocycles. The van der Waals surface area contributed by atoms with Gasteiger partial charge in [-0.25, -0.2) is 0 Å². The second-order valence-corrected chi connectivity index (χ2v) is 7.14. The summed E-state index contributed by atoms with van der Waals surface area (Å²) in [6.07, 6.45) is 0. The van der Waals surface area contributed by atoms with Gasteiger partial charge in [0, 0.05) is 19.8 Å². The summed E-state index contributed by atoms with van der Waals surface area (Å²) < 4.78 is 0. The molecule has 0 spiro atoms. The van der Waals surface area contributed by atoms with Crippen molar-refractivity contribution >= 4 is 19.6 Å². The molecule has 1 nitrogen and oxygen atoms in total. The summed E-state index contributed by atoms with van der Waals surface area (Å²) in [5, 5.41) is 1.85. The summed E-state index contributed by atoms with van der Waals surface area (Å²) in [7, 11) is 5.03. The quantitative estimate of drug-likeness (QED) is 0.599. The smallest absolute Gasteiger partial charge is 0.378 e. The van der Waals surface area contributed by atoms with Crippen LogP contribution >= 0.6 is 8.58 Å². The van der Waals surface area contributed by atoms with E-state index in [2.05, 4.69) is 64.0 Å². The van der Waals surface area contributed by atoms with Gasteiger partial charge in [-0.3, -0.25) is 0 Å². The van der Waals surface area contributed by atoms with Crippen molar-refractivity contribution in [3.63, 3.8) is 0 Å². The Hall–Kier alpha value is 0.112. The summed E-state index contributed by atoms with van der Waals surface area (Å²) in [6.45, 7) is 6.85. The molecule has 0 aliphatic rings. The van der Waals surface area contributed by atoms with Gasteiger partial charge in [0.1, 0.15) is 0 Å². The van der Waals surface area contributed by atoms with Gasteiger partial charge >= 0.3 is 20.4 Å². The van der Waals surface area contributed by atoms with Crippen molar-refractivity contribution in [2.45, 2.75) is 25.9 Å². The topological polar surface area (TPSA) is 3.24 Å². The molecule has 0 amide bonds. The van der Waals surface area contributed by atoms with E-state index >= 15 is 0 Å². The maximum atomic E-state index is 2.28. The minimum absolute atomic E-state index is 0. The van der Waals surface area contributed by atoms with Gasteiger partial charge in [0.25, 0.3) is 0 Å². The molecular weight excluding hydrogens is 296 g/mol. The van der Waals surface area contributed by atoms with E-state index in [4.69, 9.17) is 0 Å². The molecule has 0 aliphatic carbocycles. The van der Waals surface area contributed by atoms with E-state index in [1.54, 1.807) is 0 Å². The predicted molar refractivity (Wildman–Crippen MR) is 68.5 cm³/mol. The van der Waals surface area contributed by atoms with Crippen LogP contribution in [0, 0.1) is 0 Å². The first-order chi connectivity index (χ1) is 6.38. The molecule has 1 rings (SSSR count). The third-order valence-corrected chi connectivity index (χ3v) is 3.28. The summed E-state index contributed by atoms with van der Waals surface area (Å²) in [6, 6.07) is 8.85. The maximum Gasteiger partial charge on any atom is 2.00 e. The SMILES string of the molecule is CN(C)c1ccc(PC(C)(C)C)cc1.[Pd+2]. The molecular formula is C12H20NPPd+2. The van der Waals surface area contributed by atoms with Crippen LogP contribution in [0.4, 0.5) is 5.69 Å². The van der Waals surface area contributed by atoms with Gasteiger partial charge in [0.15, 0.2) is 0 Å². The molecule has 0 saturated carbocycles. The minimum atomic E-state index is 0. The molecule has 3 heteroatoms. The Balaban J connectivity index is 0.00000196. The third-order valence-electron chi connectivity index (χ3n) is 1.90. The molecule has 1 aromatic rings. The Bertz CT molecular complexity index is 287. The van der Waals surface area contributed by atoms with Crippen LogP contribution in [0.2, 0.25) is 0 Å². The molecule has 0 fully saturated rings. The maximum absolute atomic E-state index is 2.28. The van der Waals surface area contributed by atoms with E-state index in [-0.39, 0.29) is 20.4 Å². The predicted octanol–water partition coefficient (Wildman–Crippen LogP) is 2.85.